The molecule has 0 spiro atoms. The molecule has 0 amide bonds. The van der Waals surface area contributed by atoms with E-state index in [2.05, 4.69) is 13.8 Å². The van der Waals surface area contributed by atoms with E-state index in [0.29, 0.717) is 17.6 Å². The molecule has 3 atom stereocenters. The van der Waals surface area contributed by atoms with Gasteiger partial charge in [-0.05, 0) is 62.3 Å². The van der Waals surface area contributed by atoms with Crippen LogP contribution in [0.25, 0.3) is 0 Å². The van der Waals surface area contributed by atoms with Crippen LogP contribution in [0, 0.1) is 23.7 Å². The molecule has 1 saturated carbocycles. The van der Waals surface area contributed by atoms with Crippen molar-refractivity contribution in [2.75, 3.05) is 18.6 Å². The predicted octanol–water partition coefficient (Wildman–Crippen LogP) is 2.46. The van der Waals surface area contributed by atoms with E-state index < -0.39 is 9.84 Å². The molecule has 18 heavy (non-hydrogen) atoms. The topological polar surface area (TPSA) is 60.2 Å². The Balaban J connectivity index is 2.47. The van der Waals surface area contributed by atoms with Gasteiger partial charge in [0, 0.05) is 12.0 Å². The molecule has 0 aromatic heterocycles. The number of rotatable bonds is 6. The van der Waals surface area contributed by atoms with Crippen LogP contribution in [0.15, 0.2) is 0 Å². The van der Waals surface area contributed by atoms with Gasteiger partial charge in [0.1, 0.15) is 9.84 Å². The Kier molecular flexibility index (Phi) is 6.12. The van der Waals surface area contributed by atoms with Crippen molar-refractivity contribution in [3.8, 4) is 0 Å². The van der Waals surface area contributed by atoms with Gasteiger partial charge in [-0.3, -0.25) is 0 Å². The quantitative estimate of drug-likeness (QED) is 0.810. The van der Waals surface area contributed by atoms with Crippen LogP contribution >= 0.6 is 0 Å². The van der Waals surface area contributed by atoms with Gasteiger partial charge >= 0.3 is 0 Å². The SMILES string of the molecule is CC(C)C1CCC(CN)C(CCCS(C)(=O)=O)C1. The first-order valence-corrected chi connectivity index (χ1v) is 9.27. The van der Waals surface area contributed by atoms with Gasteiger partial charge in [0.25, 0.3) is 0 Å². The minimum Gasteiger partial charge on any atom is -0.330 e. The van der Waals surface area contributed by atoms with E-state index in [0.717, 1.165) is 31.2 Å². The van der Waals surface area contributed by atoms with E-state index >= 15 is 0 Å². The molecule has 0 saturated heterocycles. The molecule has 3 nitrogen and oxygen atoms in total. The van der Waals surface area contributed by atoms with Crippen LogP contribution in [-0.2, 0) is 9.84 Å². The summed E-state index contributed by atoms with van der Waals surface area (Å²) in [5.74, 6) is 3.11. The number of hydrogen-bond acceptors (Lipinski definition) is 3. The second-order valence-electron chi connectivity index (χ2n) is 6.35. The minimum atomic E-state index is -2.81. The van der Waals surface area contributed by atoms with Crippen LogP contribution in [-0.4, -0.2) is 27.0 Å². The van der Waals surface area contributed by atoms with E-state index in [-0.39, 0.29) is 0 Å². The summed E-state index contributed by atoms with van der Waals surface area (Å²) in [6.45, 7) is 5.34. The number of sulfone groups is 1. The van der Waals surface area contributed by atoms with E-state index in [1.807, 2.05) is 0 Å². The molecule has 1 fully saturated rings. The fourth-order valence-corrected chi connectivity index (χ4v) is 3.93. The maximum Gasteiger partial charge on any atom is 0.147 e. The largest absolute Gasteiger partial charge is 0.330 e. The molecule has 0 heterocycles. The Labute approximate surface area is 112 Å². The molecule has 0 radical (unpaired) electrons. The molecule has 2 N–H and O–H groups in total. The minimum absolute atomic E-state index is 0.327. The maximum atomic E-state index is 11.2. The highest BCUT2D eigenvalue weighted by Crippen LogP contribution is 2.39. The molecule has 0 aliphatic heterocycles. The molecular weight excluding hydrogens is 246 g/mol. The second-order valence-corrected chi connectivity index (χ2v) is 8.60. The highest BCUT2D eigenvalue weighted by atomic mass is 32.2. The fourth-order valence-electron chi connectivity index (χ4n) is 3.24. The number of nitrogens with two attached hydrogens (primary N) is 1. The predicted molar refractivity (Wildman–Crippen MR) is 77.2 cm³/mol. The molecule has 0 bridgehead atoms. The Morgan fingerprint density at radius 3 is 2.39 bits per heavy atom. The Morgan fingerprint density at radius 2 is 1.89 bits per heavy atom. The maximum absolute atomic E-state index is 11.2. The normalized spacial score (nSPS) is 29.7. The van der Waals surface area contributed by atoms with E-state index in [4.69, 9.17) is 5.73 Å². The second kappa shape index (κ2) is 6.90. The highest BCUT2D eigenvalue weighted by molar-refractivity contribution is 7.90. The molecule has 108 valence electrons. The Morgan fingerprint density at radius 1 is 1.22 bits per heavy atom. The Bertz CT molecular complexity index is 338. The van der Waals surface area contributed by atoms with Crippen LogP contribution in [0.3, 0.4) is 0 Å². The van der Waals surface area contributed by atoms with Crippen LogP contribution in [0.4, 0.5) is 0 Å². The van der Waals surface area contributed by atoms with Crippen LogP contribution < -0.4 is 5.73 Å². The van der Waals surface area contributed by atoms with Crippen molar-refractivity contribution in [2.45, 2.75) is 46.0 Å². The third-order valence-corrected chi connectivity index (χ3v) is 5.55. The zero-order valence-electron chi connectivity index (χ0n) is 12.1. The molecule has 1 aliphatic carbocycles. The third kappa shape index (κ3) is 5.27. The molecule has 1 rings (SSSR count). The smallest absolute Gasteiger partial charge is 0.147 e. The summed E-state index contributed by atoms with van der Waals surface area (Å²) in [5.41, 5.74) is 5.85. The summed E-state index contributed by atoms with van der Waals surface area (Å²) in [7, 11) is -2.81. The zero-order valence-corrected chi connectivity index (χ0v) is 12.9. The first kappa shape index (κ1) is 16.0. The molecule has 3 unspecified atom stereocenters. The van der Waals surface area contributed by atoms with Crippen LogP contribution in [0.5, 0.6) is 0 Å². The third-order valence-electron chi connectivity index (χ3n) is 4.52. The van der Waals surface area contributed by atoms with Crippen molar-refractivity contribution in [1.82, 2.24) is 0 Å². The average Bonchev–Trinajstić information content (AvgIpc) is 2.27. The van der Waals surface area contributed by atoms with Gasteiger partial charge in [0.2, 0.25) is 0 Å². The summed E-state index contributed by atoms with van der Waals surface area (Å²) in [4.78, 5) is 0. The van der Waals surface area contributed by atoms with Gasteiger partial charge in [0.15, 0.2) is 0 Å². The lowest BCUT2D eigenvalue weighted by Gasteiger charge is -2.37. The van der Waals surface area contributed by atoms with Gasteiger partial charge in [-0.1, -0.05) is 13.8 Å². The van der Waals surface area contributed by atoms with E-state index in [9.17, 15) is 8.42 Å². The molecule has 1 aliphatic rings. The summed E-state index contributed by atoms with van der Waals surface area (Å²) in [5, 5.41) is 0. The summed E-state index contributed by atoms with van der Waals surface area (Å²) < 4.78 is 22.3. The first-order chi connectivity index (χ1) is 8.33. The van der Waals surface area contributed by atoms with Gasteiger partial charge in [0.05, 0.1) is 0 Å². The summed E-state index contributed by atoms with van der Waals surface area (Å²) in [6, 6.07) is 0. The van der Waals surface area contributed by atoms with Gasteiger partial charge < -0.3 is 5.73 Å². The monoisotopic (exact) mass is 275 g/mol. The first-order valence-electron chi connectivity index (χ1n) is 7.21. The van der Waals surface area contributed by atoms with Gasteiger partial charge in [-0.2, -0.15) is 0 Å². The van der Waals surface area contributed by atoms with Crippen molar-refractivity contribution < 1.29 is 8.42 Å². The summed E-state index contributed by atoms with van der Waals surface area (Å²) in [6.07, 6.45) is 6.91. The van der Waals surface area contributed by atoms with Gasteiger partial charge in [-0.15, -0.1) is 0 Å². The van der Waals surface area contributed by atoms with E-state index in [1.165, 1.54) is 25.5 Å². The van der Waals surface area contributed by atoms with Gasteiger partial charge in [-0.25, -0.2) is 8.42 Å². The zero-order chi connectivity index (χ0) is 13.8. The highest BCUT2D eigenvalue weighted by Gasteiger charge is 2.30. The molecule has 0 aromatic rings. The van der Waals surface area contributed by atoms with Crippen molar-refractivity contribution in [1.29, 1.82) is 0 Å². The summed E-state index contributed by atoms with van der Waals surface area (Å²) >= 11 is 0. The van der Waals surface area contributed by atoms with Crippen LogP contribution in [0.1, 0.15) is 46.0 Å². The molecular formula is C14H29NO2S. The van der Waals surface area contributed by atoms with Crippen molar-refractivity contribution >= 4 is 9.84 Å². The van der Waals surface area contributed by atoms with Crippen molar-refractivity contribution in [2.24, 2.45) is 29.4 Å². The Hall–Kier alpha value is -0.0900. The fraction of sp³-hybridized carbons (Fsp3) is 1.00. The molecule has 0 aromatic carbocycles. The van der Waals surface area contributed by atoms with Crippen LogP contribution in [0.2, 0.25) is 0 Å². The lowest BCUT2D eigenvalue weighted by atomic mass is 9.69. The lowest BCUT2D eigenvalue weighted by molar-refractivity contribution is 0.143. The average molecular weight is 275 g/mol. The number of hydrogen-bond donors (Lipinski definition) is 1. The lowest BCUT2D eigenvalue weighted by Crippen LogP contribution is -2.32. The van der Waals surface area contributed by atoms with Crippen molar-refractivity contribution in [3.63, 3.8) is 0 Å². The van der Waals surface area contributed by atoms with E-state index in [1.54, 1.807) is 0 Å². The van der Waals surface area contributed by atoms with Crippen molar-refractivity contribution in [3.05, 3.63) is 0 Å². The standard InChI is InChI=1S/C14H29NO2S/c1-11(2)12-6-7-14(10-15)13(9-12)5-4-8-18(3,16)17/h11-14H,4-10,15H2,1-3H3. The molecule has 4 heteroatoms.